The number of anilines is 1. The predicted octanol–water partition coefficient (Wildman–Crippen LogP) is 4.54. The van der Waals surface area contributed by atoms with Gasteiger partial charge in [0.2, 0.25) is 0 Å². The highest BCUT2D eigenvalue weighted by atomic mass is 32.1. The van der Waals surface area contributed by atoms with Crippen LogP contribution in [0.3, 0.4) is 0 Å². The number of nitrogens with zero attached hydrogens (tertiary/aromatic N) is 2. The van der Waals surface area contributed by atoms with Crippen molar-refractivity contribution in [2.75, 3.05) is 11.5 Å². The van der Waals surface area contributed by atoms with Gasteiger partial charge in [0.15, 0.2) is 5.13 Å². The zero-order chi connectivity index (χ0) is 18.5. The largest absolute Gasteiger partial charge is 0.462 e. The minimum absolute atomic E-state index is 0.131. The molecular formula is C19H18N2O3S2. The second-order valence-corrected chi connectivity index (χ2v) is 7.41. The van der Waals surface area contributed by atoms with Crippen molar-refractivity contribution >= 4 is 39.7 Å². The zero-order valence-electron chi connectivity index (χ0n) is 14.5. The first-order valence-corrected chi connectivity index (χ1v) is 9.83. The molecule has 0 aliphatic heterocycles. The summed E-state index contributed by atoms with van der Waals surface area (Å²) < 4.78 is 5.08. The van der Waals surface area contributed by atoms with E-state index in [0.29, 0.717) is 33.7 Å². The molecule has 0 saturated carbocycles. The van der Waals surface area contributed by atoms with E-state index in [1.165, 1.54) is 22.7 Å². The number of carbonyl (C=O) groups excluding carboxylic acids is 2. The van der Waals surface area contributed by atoms with E-state index in [1.54, 1.807) is 24.8 Å². The number of esters is 1. The molecule has 1 amide bonds. The fourth-order valence-corrected chi connectivity index (χ4v) is 4.04. The van der Waals surface area contributed by atoms with E-state index in [2.05, 4.69) is 4.98 Å². The molecule has 0 spiro atoms. The highest BCUT2D eigenvalue weighted by molar-refractivity contribution is 7.18. The highest BCUT2D eigenvalue weighted by Gasteiger charge is 2.25. The van der Waals surface area contributed by atoms with E-state index in [4.69, 9.17) is 4.74 Å². The van der Waals surface area contributed by atoms with E-state index >= 15 is 0 Å². The molecule has 3 rings (SSSR count). The average Bonchev–Trinajstić information content (AvgIpc) is 3.30. The van der Waals surface area contributed by atoms with Gasteiger partial charge in [-0.25, -0.2) is 9.78 Å². The summed E-state index contributed by atoms with van der Waals surface area (Å²) in [5.74, 6) is -0.537. The molecule has 1 aromatic carbocycles. The van der Waals surface area contributed by atoms with Gasteiger partial charge >= 0.3 is 5.97 Å². The van der Waals surface area contributed by atoms with Crippen molar-refractivity contribution in [3.05, 3.63) is 68.9 Å². The molecular weight excluding hydrogens is 368 g/mol. The number of amides is 1. The van der Waals surface area contributed by atoms with Crippen LogP contribution in [0, 0.1) is 6.92 Å². The maximum Gasteiger partial charge on any atom is 0.350 e. The summed E-state index contributed by atoms with van der Waals surface area (Å²) in [5.41, 5.74) is 1.56. The monoisotopic (exact) mass is 386 g/mol. The molecule has 0 atom stereocenters. The van der Waals surface area contributed by atoms with Crippen LogP contribution in [-0.4, -0.2) is 23.5 Å². The Bertz CT molecular complexity index is 889. The standard InChI is InChI=1S/C19H18N2O3S2/c1-3-24-18(23)16-13(2)20-19(26-16)21(12-14-8-5-4-6-9-14)17(22)15-10-7-11-25-15/h4-11H,3,12H2,1-2H3. The van der Waals surface area contributed by atoms with Gasteiger partial charge in [-0.05, 0) is 30.9 Å². The molecule has 0 fully saturated rings. The molecule has 3 aromatic rings. The van der Waals surface area contributed by atoms with E-state index in [9.17, 15) is 9.59 Å². The lowest BCUT2D eigenvalue weighted by Gasteiger charge is -2.19. The molecule has 0 aliphatic rings. The van der Waals surface area contributed by atoms with Crippen LogP contribution in [0.1, 0.15) is 37.5 Å². The number of aromatic nitrogens is 1. The van der Waals surface area contributed by atoms with Crippen molar-refractivity contribution in [3.8, 4) is 0 Å². The van der Waals surface area contributed by atoms with Crippen LogP contribution in [0.25, 0.3) is 0 Å². The van der Waals surface area contributed by atoms with Gasteiger partial charge in [0.25, 0.3) is 5.91 Å². The first-order chi connectivity index (χ1) is 12.6. The summed E-state index contributed by atoms with van der Waals surface area (Å²) in [7, 11) is 0. The first-order valence-electron chi connectivity index (χ1n) is 8.14. The van der Waals surface area contributed by atoms with Crippen molar-refractivity contribution in [3.63, 3.8) is 0 Å². The average molecular weight is 386 g/mol. The third-order valence-corrected chi connectivity index (χ3v) is 5.66. The molecule has 2 aromatic heterocycles. The van der Waals surface area contributed by atoms with E-state index < -0.39 is 5.97 Å². The Morgan fingerprint density at radius 3 is 2.58 bits per heavy atom. The van der Waals surface area contributed by atoms with Crippen molar-refractivity contribution in [2.24, 2.45) is 0 Å². The molecule has 2 heterocycles. The van der Waals surface area contributed by atoms with Gasteiger partial charge in [-0.15, -0.1) is 11.3 Å². The minimum atomic E-state index is -0.406. The molecule has 0 aliphatic carbocycles. The Morgan fingerprint density at radius 1 is 1.15 bits per heavy atom. The van der Waals surface area contributed by atoms with Gasteiger partial charge in [0, 0.05) is 0 Å². The Hall–Kier alpha value is -2.51. The Kier molecular flexibility index (Phi) is 5.80. The smallest absolute Gasteiger partial charge is 0.350 e. The van der Waals surface area contributed by atoms with Gasteiger partial charge in [0.05, 0.1) is 23.7 Å². The number of benzene rings is 1. The lowest BCUT2D eigenvalue weighted by molar-refractivity contribution is 0.0531. The summed E-state index contributed by atoms with van der Waals surface area (Å²) in [6.07, 6.45) is 0. The summed E-state index contributed by atoms with van der Waals surface area (Å²) in [6.45, 7) is 4.19. The van der Waals surface area contributed by atoms with Crippen LogP contribution in [0.15, 0.2) is 47.8 Å². The van der Waals surface area contributed by atoms with Gasteiger partial charge in [0.1, 0.15) is 4.88 Å². The van der Waals surface area contributed by atoms with E-state index in [0.717, 1.165) is 5.56 Å². The van der Waals surface area contributed by atoms with Crippen molar-refractivity contribution in [1.82, 2.24) is 4.98 Å². The number of hydrogen-bond acceptors (Lipinski definition) is 6. The van der Waals surface area contributed by atoms with Crippen LogP contribution in [0.4, 0.5) is 5.13 Å². The van der Waals surface area contributed by atoms with Crippen LogP contribution in [0.2, 0.25) is 0 Å². The van der Waals surface area contributed by atoms with Crippen LogP contribution >= 0.6 is 22.7 Å². The number of ether oxygens (including phenoxy) is 1. The van der Waals surface area contributed by atoms with Crippen molar-refractivity contribution < 1.29 is 14.3 Å². The molecule has 0 unspecified atom stereocenters. The SMILES string of the molecule is CCOC(=O)c1sc(N(Cc2ccccc2)C(=O)c2cccs2)nc1C. The highest BCUT2D eigenvalue weighted by Crippen LogP contribution is 2.30. The molecule has 0 saturated heterocycles. The van der Waals surface area contributed by atoms with Crippen LogP contribution in [-0.2, 0) is 11.3 Å². The number of aryl methyl sites for hydroxylation is 1. The Labute approximate surface area is 159 Å². The summed E-state index contributed by atoms with van der Waals surface area (Å²) in [5, 5.41) is 2.36. The third kappa shape index (κ3) is 4.00. The molecule has 0 bridgehead atoms. The summed E-state index contributed by atoms with van der Waals surface area (Å²) >= 11 is 2.57. The van der Waals surface area contributed by atoms with Crippen molar-refractivity contribution in [1.29, 1.82) is 0 Å². The maximum atomic E-state index is 13.0. The topological polar surface area (TPSA) is 59.5 Å². The molecule has 0 radical (unpaired) electrons. The van der Waals surface area contributed by atoms with Crippen molar-refractivity contribution in [2.45, 2.75) is 20.4 Å². The Balaban J connectivity index is 1.96. The number of thiazole rings is 1. The normalized spacial score (nSPS) is 10.5. The summed E-state index contributed by atoms with van der Waals surface area (Å²) in [4.78, 5) is 32.3. The number of carbonyl (C=O) groups is 2. The zero-order valence-corrected chi connectivity index (χ0v) is 16.1. The predicted molar refractivity (Wildman–Crippen MR) is 104 cm³/mol. The fraction of sp³-hybridized carbons (Fsp3) is 0.211. The second kappa shape index (κ2) is 8.25. The van der Waals surface area contributed by atoms with E-state index in [1.807, 2.05) is 41.8 Å². The molecule has 26 heavy (non-hydrogen) atoms. The van der Waals surface area contributed by atoms with Gasteiger partial charge in [-0.2, -0.15) is 0 Å². The third-order valence-electron chi connectivity index (χ3n) is 3.64. The van der Waals surface area contributed by atoms with Gasteiger partial charge < -0.3 is 4.74 Å². The minimum Gasteiger partial charge on any atom is -0.462 e. The number of thiophene rings is 1. The van der Waals surface area contributed by atoms with Crippen LogP contribution in [0.5, 0.6) is 0 Å². The number of hydrogen-bond donors (Lipinski definition) is 0. The molecule has 5 nitrogen and oxygen atoms in total. The van der Waals surface area contributed by atoms with Gasteiger partial charge in [-0.3, -0.25) is 9.69 Å². The van der Waals surface area contributed by atoms with Crippen LogP contribution < -0.4 is 4.90 Å². The maximum absolute atomic E-state index is 13.0. The Morgan fingerprint density at radius 2 is 1.92 bits per heavy atom. The molecule has 7 heteroatoms. The van der Waals surface area contributed by atoms with E-state index in [-0.39, 0.29) is 5.91 Å². The number of rotatable bonds is 6. The fourth-order valence-electron chi connectivity index (χ4n) is 2.41. The lowest BCUT2D eigenvalue weighted by atomic mass is 10.2. The lowest BCUT2D eigenvalue weighted by Crippen LogP contribution is -2.29. The second-order valence-electron chi connectivity index (χ2n) is 5.49. The molecule has 134 valence electrons. The first kappa shape index (κ1) is 18.3. The molecule has 0 N–H and O–H groups in total. The quantitative estimate of drug-likeness (QED) is 0.584. The van der Waals surface area contributed by atoms with Gasteiger partial charge in [-0.1, -0.05) is 47.7 Å². The summed E-state index contributed by atoms with van der Waals surface area (Å²) in [6, 6.07) is 13.3.